The third kappa shape index (κ3) is 6.47. The molecule has 2 aromatic heterocycles. The van der Waals surface area contributed by atoms with E-state index in [9.17, 15) is 0 Å². The lowest BCUT2D eigenvalue weighted by molar-refractivity contribution is 0.669. The van der Waals surface area contributed by atoms with E-state index in [4.69, 9.17) is 11.6 Å². The van der Waals surface area contributed by atoms with Crippen LogP contribution in [0, 0.1) is 27.7 Å². The van der Waals surface area contributed by atoms with E-state index in [1.807, 2.05) is 24.3 Å². The number of fused-ring (bicyclic) bond motifs is 8. The summed E-state index contributed by atoms with van der Waals surface area (Å²) in [6, 6.07) is 62.2. The topological polar surface area (TPSA) is 32.8 Å². The van der Waals surface area contributed by atoms with E-state index >= 15 is 0 Å². The molecule has 0 amide bonds. The molecule has 0 bridgehead atoms. The van der Waals surface area contributed by atoms with Crippen LogP contribution in [0.4, 0.5) is 34.1 Å². The van der Waals surface area contributed by atoms with Gasteiger partial charge >= 0.3 is 0 Å². The summed E-state index contributed by atoms with van der Waals surface area (Å²) < 4.78 is 31.8. The lowest BCUT2D eigenvalue weighted by Gasteiger charge is -2.33. The zero-order chi connectivity index (χ0) is 52.0. The fourth-order valence-corrected chi connectivity index (χ4v) is 12.4. The van der Waals surface area contributed by atoms with Gasteiger partial charge in [-0.05, 0) is 143 Å². The summed E-state index contributed by atoms with van der Waals surface area (Å²) in [5.41, 5.74) is 16.0. The highest BCUT2D eigenvalue weighted by Gasteiger charge is 2.30. The molecule has 4 nitrogen and oxygen atoms in total. The minimum atomic E-state index is 0.170. The summed E-state index contributed by atoms with van der Waals surface area (Å²) in [5.74, 6) is 0.340. The number of aryl methyl sites for hydroxylation is 4. The van der Waals surface area contributed by atoms with Gasteiger partial charge in [-0.25, -0.2) is 0 Å². The normalized spacial score (nSPS) is 12.7. The van der Waals surface area contributed by atoms with Crippen LogP contribution in [0.25, 0.3) is 97.7 Å². The van der Waals surface area contributed by atoms with Crippen LogP contribution >= 0.6 is 0 Å². The van der Waals surface area contributed by atoms with E-state index in [0.29, 0.717) is 23.3 Å². The minimum Gasteiger partial charge on any atom is -0.454 e. The zero-order valence-electron chi connectivity index (χ0n) is 45.0. The maximum atomic E-state index is 8.99. The van der Waals surface area contributed by atoms with Crippen LogP contribution < -0.4 is 9.80 Å². The lowest BCUT2D eigenvalue weighted by Crippen LogP contribution is -2.15. The molecule has 12 aromatic carbocycles. The SMILES string of the molecule is [2H]c1cccc2c1oc1c(N(c3c(C)ccc4ccc(C)cc34)c3cc(C(C)C)c4ccc5c(N(c6c(C)ccc7ccc(C)cc67)c6cccc7c6oc6c([2H])cccc67)cc(C(C)C)c6ccc3c4c65)cccc12. The molecule has 2 heterocycles. The highest BCUT2D eigenvalue weighted by molar-refractivity contribution is 6.30. The van der Waals surface area contributed by atoms with Crippen molar-refractivity contribution in [3.8, 4) is 0 Å². The Balaban J connectivity index is 1.16. The number of para-hydroxylation sites is 4. The van der Waals surface area contributed by atoms with Crippen LogP contribution in [-0.2, 0) is 0 Å². The molecule has 0 radical (unpaired) electrons. The first-order chi connectivity index (χ1) is 36.8. The summed E-state index contributed by atoms with van der Waals surface area (Å²) in [5, 5.41) is 15.6. The largest absolute Gasteiger partial charge is 0.454 e. The first kappa shape index (κ1) is 42.0. The van der Waals surface area contributed by atoms with Gasteiger partial charge in [-0.3, -0.25) is 0 Å². The monoisotopic (exact) mass is 958 g/mol. The Bertz CT molecular complexity index is 4440. The maximum absolute atomic E-state index is 8.99. The van der Waals surface area contributed by atoms with Crippen molar-refractivity contribution in [1.82, 2.24) is 0 Å². The Hall–Kier alpha value is -8.60. The van der Waals surface area contributed by atoms with Crippen molar-refractivity contribution in [2.75, 3.05) is 9.80 Å². The van der Waals surface area contributed by atoms with Gasteiger partial charge in [0.1, 0.15) is 11.2 Å². The fraction of sp³-hybridized carbons (Fsp3) is 0.143. The first-order valence-corrected chi connectivity index (χ1v) is 26.0. The highest BCUT2D eigenvalue weighted by atomic mass is 16.3. The van der Waals surface area contributed by atoms with Gasteiger partial charge in [-0.1, -0.05) is 172 Å². The van der Waals surface area contributed by atoms with Crippen molar-refractivity contribution in [2.45, 2.75) is 67.2 Å². The number of furan rings is 2. The summed E-state index contributed by atoms with van der Waals surface area (Å²) >= 11 is 0. The molecule has 0 saturated heterocycles. The summed E-state index contributed by atoms with van der Waals surface area (Å²) in [6.45, 7) is 18.1. The molecule has 0 atom stereocenters. The number of hydrogen-bond acceptors (Lipinski definition) is 4. The van der Waals surface area contributed by atoms with Gasteiger partial charge in [-0.15, -0.1) is 0 Å². The summed E-state index contributed by atoms with van der Waals surface area (Å²) in [4.78, 5) is 4.95. The van der Waals surface area contributed by atoms with Crippen molar-refractivity contribution in [2.24, 2.45) is 0 Å². The van der Waals surface area contributed by atoms with Crippen LogP contribution in [0.15, 0.2) is 191 Å². The average molecular weight is 959 g/mol. The average Bonchev–Trinajstić information content (AvgIpc) is 4.01. The van der Waals surface area contributed by atoms with Gasteiger partial charge in [-0.2, -0.15) is 0 Å². The number of rotatable bonds is 8. The van der Waals surface area contributed by atoms with E-state index < -0.39 is 0 Å². The molecule has 0 saturated carbocycles. The van der Waals surface area contributed by atoms with E-state index in [1.54, 1.807) is 0 Å². The Kier molecular flexibility index (Phi) is 9.33. The molecular weight excluding hydrogens is 901 g/mol. The lowest BCUT2D eigenvalue weighted by atomic mass is 9.83. The maximum Gasteiger partial charge on any atom is 0.159 e. The zero-order valence-corrected chi connectivity index (χ0v) is 43.0. The standard InChI is InChI=1S/C70H56N2O2/c1-39(2)55-37-61(71(67-43(7)25-29-45-27-23-41(5)35-57(45)67)59-19-13-17-51-47-15-9-11-21-63(47)73-69(51)59)53-34-32-50-56(40(3)4)38-62(54-33-31-49(55)65(53)66(50)54)72(68-44(8)26-30-46-28-24-42(6)36-58(46)68)60-20-14-18-52-48-16-10-12-22-64(48)74-70(52)60/h9-40H,1-8H3/i21D,22D. The van der Waals surface area contributed by atoms with Crippen molar-refractivity contribution in [1.29, 1.82) is 0 Å². The molecule has 0 fully saturated rings. The molecule has 4 heteroatoms. The quantitative estimate of drug-likeness (QED) is 0.142. The van der Waals surface area contributed by atoms with Crippen molar-refractivity contribution in [3.63, 3.8) is 0 Å². The van der Waals surface area contributed by atoms with E-state index in [-0.39, 0.29) is 11.8 Å². The van der Waals surface area contributed by atoms with Crippen molar-refractivity contribution < 1.29 is 11.6 Å². The van der Waals surface area contributed by atoms with Gasteiger partial charge in [0.2, 0.25) is 0 Å². The fourth-order valence-electron chi connectivity index (χ4n) is 12.4. The van der Waals surface area contributed by atoms with Gasteiger partial charge in [0.15, 0.2) is 11.2 Å². The molecule has 14 rings (SSSR count). The van der Waals surface area contributed by atoms with E-state index in [0.717, 1.165) is 110 Å². The van der Waals surface area contributed by atoms with Gasteiger partial charge in [0, 0.05) is 43.1 Å². The molecule has 0 aliphatic rings. The van der Waals surface area contributed by atoms with E-state index in [2.05, 4.69) is 211 Å². The second-order valence-corrected chi connectivity index (χ2v) is 21.3. The Morgan fingerprint density at radius 2 is 0.770 bits per heavy atom. The van der Waals surface area contributed by atoms with Crippen LogP contribution in [-0.4, -0.2) is 0 Å². The molecule has 0 aliphatic heterocycles. The number of nitrogens with zero attached hydrogens (tertiary/aromatic N) is 2. The molecule has 0 aliphatic carbocycles. The number of hydrogen-bond donors (Lipinski definition) is 0. The second kappa shape index (κ2) is 16.5. The molecule has 358 valence electrons. The predicted molar refractivity (Wildman–Crippen MR) is 316 cm³/mol. The number of benzene rings is 12. The molecule has 0 N–H and O–H groups in total. The van der Waals surface area contributed by atoms with Crippen LogP contribution in [0.3, 0.4) is 0 Å². The molecule has 14 aromatic rings. The first-order valence-electron chi connectivity index (χ1n) is 27.0. The Labute approximate surface area is 433 Å². The summed E-state index contributed by atoms with van der Waals surface area (Å²) in [7, 11) is 0. The second-order valence-electron chi connectivity index (χ2n) is 21.3. The molecule has 0 spiro atoms. The molecule has 0 unspecified atom stereocenters. The predicted octanol–water partition coefficient (Wildman–Crippen LogP) is 21.1. The summed E-state index contributed by atoms with van der Waals surface area (Å²) in [6.07, 6.45) is 0. The highest BCUT2D eigenvalue weighted by Crippen LogP contribution is 2.55. The molecule has 74 heavy (non-hydrogen) atoms. The van der Waals surface area contributed by atoms with Gasteiger partial charge in [0.25, 0.3) is 0 Å². The van der Waals surface area contributed by atoms with Crippen molar-refractivity contribution in [3.05, 3.63) is 215 Å². The van der Waals surface area contributed by atoms with Crippen LogP contribution in [0.5, 0.6) is 0 Å². The number of anilines is 6. The van der Waals surface area contributed by atoms with Crippen LogP contribution in [0.1, 0.15) is 75.7 Å². The van der Waals surface area contributed by atoms with E-state index in [1.165, 1.54) is 43.8 Å². The Morgan fingerprint density at radius 1 is 0.365 bits per heavy atom. The van der Waals surface area contributed by atoms with Crippen molar-refractivity contribution >= 4 is 132 Å². The van der Waals surface area contributed by atoms with Crippen LogP contribution in [0.2, 0.25) is 0 Å². The third-order valence-corrected chi connectivity index (χ3v) is 15.9. The Morgan fingerprint density at radius 3 is 1.20 bits per heavy atom. The van der Waals surface area contributed by atoms with Gasteiger partial charge in [0.05, 0.1) is 36.9 Å². The minimum absolute atomic E-state index is 0.170. The van der Waals surface area contributed by atoms with Gasteiger partial charge < -0.3 is 18.6 Å². The third-order valence-electron chi connectivity index (χ3n) is 15.9. The smallest absolute Gasteiger partial charge is 0.159 e. The molecular formula is C70H56N2O2.